The van der Waals surface area contributed by atoms with E-state index in [1.54, 1.807) is 41.3 Å². The van der Waals surface area contributed by atoms with Gasteiger partial charge in [-0.15, -0.1) is 5.10 Å². The van der Waals surface area contributed by atoms with Crippen LogP contribution in [0.5, 0.6) is 0 Å². The minimum Gasteiger partial charge on any atom is -0.478 e. The van der Waals surface area contributed by atoms with Crippen molar-refractivity contribution in [3.63, 3.8) is 0 Å². The minimum absolute atomic E-state index is 0.0207. The Hall–Kier alpha value is -5.87. The van der Waals surface area contributed by atoms with Crippen LogP contribution in [0.25, 0.3) is 5.69 Å². The van der Waals surface area contributed by atoms with Crippen LogP contribution in [-0.4, -0.2) is 92.3 Å². The van der Waals surface area contributed by atoms with Gasteiger partial charge in [-0.1, -0.05) is 23.7 Å². The molecule has 5 N–H and O–H groups in total. The van der Waals surface area contributed by atoms with Crippen molar-refractivity contribution in [3.8, 4) is 5.69 Å². The standard InChI is InChI=1S/C30H28ClN9O7/c31-20-5-10-25(40-17-32-37-38-40)23(16-20)35-27(42)28(43)36-24(26(41)33-21-8-3-19(4-9-21)29(44)45)15-18-1-6-22(7-2-18)34-30(46)39-11-13-47-14-12-39/h1-10,16-17,24H,11-15H2,(H,33,41)(H,34,46)(H,35,42)(H,36,43)(H,44,45)/t24-/m0/s1. The van der Waals surface area contributed by atoms with Gasteiger partial charge in [-0.25, -0.2) is 9.59 Å². The molecule has 0 radical (unpaired) electrons. The molecule has 1 fully saturated rings. The summed E-state index contributed by atoms with van der Waals surface area (Å²) < 4.78 is 6.54. The van der Waals surface area contributed by atoms with Gasteiger partial charge in [-0.05, 0) is 70.6 Å². The zero-order valence-corrected chi connectivity index (χ0v) is 25.3. The number of halogens is 1. The average molecular weight is 662 g/mol. The van der Waals surface area contributed by atoms with Gasteiger partial charge in [0.15, 0.2) is 0 Å². The summed E-state index contributed by atoms with van der Waals surface area (Å²) in [5, 5.41) is 30.8. The Morgan fingerprint density at radius 1 is 0.872 bits per heavy atom. The molecule has 47 heavy (non-hydrogen) atoms. The number of benzene rings is 3. The number of nitrogens with zero attached hydrogens (tertiary/aromatic N) is 5. The summed E-state index contributed by atoms with van der Waals surface area (Å²) in [7, 11) is 0. The molecule has 4 aromatic rings. The summed E-state index contributed by atoms with van der Waals surface area (Å²) in [4.78, 5) is 64.9. The van der Waals surface area contributed by atoms with Crippen molar-refractivity contribution in [2.75, 3.05) is 42.3 Å². The molecule has 0 aliphatic carbocycles. The van der Waals surface area contributed by atoms with E-state index >= 15 is 0 Å². The number of aromatic nitrogens is 4. The van der Waals surface area contributed by atoms with E-state index < -0.39 is 29.7 Å². The molecule has 0 bridgehead atoms. The quantitative estimate of drug-likeness (QED) is 0.165. The first-order valence-electron chi connectivity index (χ1n) is 14.2. The molecule has 1 aliphatic heterocycles. The molecule has 0 spiro atoms. The van der Waals surface area contributed by atoms with E-state index in [0.717, 1.165) is 0 Å². The molecule has 1 aromatic heterocycles. The van der Waals surface area contributed by atoms with Gasteiger partial charge in [0.25, 0.3) is 0 Å². The Morgan fingerprint density at radius 2 is 1.55 bits per heavy atom. The van der Waals surface area contributed by atoms with Crippen LogP contribution in [0, 0.1) is 0 Å². The number of rotatable bonds is 9. The first kappa shape index (κ1) is 32.5. The number of hydrogen-bond donors (Lipinski definition) is 5. The third-order valence-corrected chi connectivity index (χ3v) is 7.21. The fourth-order valence-corrected chi connectivity index (χ4v) is 4.72. The van der Waals surface area contributed by atoms with Crippen molar-refractivity contribution in [3.05, 3.63) is 89.2 Å². The number of morpholine rings is 1. The Balaban J connectivity index is 1.30. The summed E-state index contributed by atoms with van der Waals surface area (Å²) in [5.74, 6) is -4.02. The van der Waals surface area contributed by atoms with E-state index in [1.807, 2.05) is 0 Å². The fraction of sp³-hybridized carbons (Fsp3) is 0.200. The molecule has 3 aromatic carbocycles. The Kier molecular flexibility index (Phi) is 10.3. The van der Waals surface area contributed by atoms with Crippen LogP contribution in [0.3, 0.4) is 0 Å². The van der Waals surface area contributed by atoms with E-state index in [2.05, 4.69) is 36.8 Å². The number of tetrazole rings is 1. The van der Waals surface area contributed by atoms with Gasteiger partial charge in [-0.3, -0.25) is 14.4 Å². The number of anilines is 3. The minimum atomic E-state index is -1.25. The maximum atomic E-state index is 13.4. The second-order valence-electron chi connectivity index (χ2n) is 10.2. The summed E-state index contributed by atoms with van der Waals surface area (Å²) in [6.07, 6.45) is 1.25. The summed E-state index contributed by atoms with van der Waals surface area (Å²) in [6.45, 7) is 1.87. The van der Waals surface area contributed by atoms with Crippen LogP contribution >= 0.6 is 11.6 Å². The van der Waals surface area contributed by atoms with Crippen molar-refractivity contribution in [1.82, 2.24) is 30.4 Å². The van der Waals surface area contributed by atoms with E-state index in [-0.39, 0.29) is 34.4 Å². The van der Waals surface area contributed by atoms with Gasteiger partial charge >= 0.3 is 23.8 Å². The van der Waals surface area contributed by atoms with Crippen molar-refractivity contribution in [2.24, 2.45) is 0 Å². The monoisotopic (exact) mass is 661 g/mol. The van der Waals surface area contributed by atoms with Crippen molar-refractivity contribution in [1.29, 1.82) is 0 Å². The zero-order valence-electron chi connectivity index (χ0n) is 24.6. The number of carbonyl (C=O) groups is 5. The highest BCUT2D eigenvalue weighted by atomic mass is 35.5. The number of carboxylic acids is 1. The molecular weight excluding hydrogens is 634 g/mol. The first-order valence-corrected chi connectivity index (χ1v) is 14.6. The maximum Gasteiger partial charge on any atom is 0.335 e. The number of aromatic carboxylic acids is 1. The Bertz CT molecular complexity index is 1760. The summed E-state index contributed by atoms with van der Waals surface area (Å²) in [6, 6.07) is 15.1. The number of carboxylic acid groups (broad SMARTS) is 1. The molecule has 1 atom stereocenters. The van der Waals surface area contributed by atoms with Crippen LogP contribution in [0.2, 0.25) is 5.02 Å². The fourth-order valence-electron chi connectivity index (χ4n) is 4.55. The lowest BCUT2D eigenvalue weighted by Crippen LogP contribution is -2.49. The number of ether oxygens (including phenoxy) is 1. The molecule has 5 rings (SSSR count). The molecule has 2 heterocycles. The van der Waals surface area contributed by atoms with Crippen LogP contribution in [0.15, 0.2) is 73.1 Å². The van der Waals surface area contributed by atoms with Gasteiger partial charge in [0, 0.05) is 35.9 Å². The normalized spacial score (nSPS) is 13.3. The molecule has 16 nitrogen and oxygen atoms in total. The SMILES string of the molecule is O=C(Nc1cc(Cl)ccc1-n1cnnn1)C(=O)N[C@@H](Cc1ccc(NC(=O)N2CCOCC2)cc1)C(=O)Nc1ccc(C(=O)O)cc1. The van der Waals surface area contributed by atoms with E-state index in [4.69, 9.17) is 21.4 Å². The van der Waals surface area contributed by atoms with Gasteiger partial charge < -0.3 is 36.0 Å². The maximum absolute atomic E-state index is 13.4. The Morgan fingerprint density at radius 3 is 2.21 bits per heavy atom. The average Bonchev–Trinajstić information content (AvgIpc) is 3.61. The van der Waals surface area contributed by atoms with Crippen molar-refractivity contribution in [2.45, 2.75) is 12.5 Å². The summed E-state index contributed by atoms with van der Waals surface area (Å²) in [5.41, 5.74) is 1.89. The molecule has 5 amide bonds. The molecule has 0 unspecified atom stereocenters. The highest BCUT2D eigenvalue weighted by Gasteiger charge is 2.26. The van der Waals surface area contributed by atoms with Crippen LogP contribution in [0.1, 0.15) is 15.9 Å². The Labute approximate surface area is 272 Å². The van der Waals surface area contributed by atoms with Gasteiger partial charge in [0.1, 0.15) is 12.4 Å². The third-order valence-electron chi connectivity index (χ3n) is 6.97. The number of hydrogen-bond acceptors (Lipinski definition) is 9. The number of carbonyl (C=O) groups excluding carboxylic acids is 4. The molecule has 1 saturated heterocycles. The number of urea groups is 1. The molecule has 242 valence electrons. The predicted octanol–water partition coefficient (Wildman–Crippen LogP) is 2.18. The van der Waals surface area contributed by atoms with Crippen molar-refractivity contribution < 1.29 is 33.8 Å². The third kappa shape index (κ3) is 8.65. The lowest BCUT2D eigenvalue weighted by atomic mass is 10.0. The first-order chi connectivity index (χ1) is 22.7. The van der Waals surface area contributed by atoms with Gasteiger partial charge in [0.2, 0.25) is 5.91 Å². The molecule has 0 saturated carbocycles. The van der Waals surface area contributed by atoms with Crippen LogP contribution in [-0.2, 0) is 25.5 Å². The lowest BCUT2D eigenvalue weighted by molar-refractivity contribution is -0.137. The molecule has 1 aliphatic rings. The van der Waals surface area contributed by atoms with Gasteiger partial charge in [0.05, 0.1) is 30.2 Å². The second kappa shape index (κ2) is 14.9. The van der Waals surface area contributed by atoms with Crippen LogP contribution < -0.4 is 21.3 Å². The number of amides is 5. The van der Waals surface area contributed by atoms with E-state index in [1.165, 1.54) is 41.3 Å². The highest BCUT2D eigenvalue weighted by molar-refractivity contribution is 6.40. The predicted molar refractivity (Wildman–Crippen MR) is 168 cm³/mol. The lowest BCUT2D eigenvalue weighted by Gasteiger charge is -2.27. The summed E-state index contributed by atoms with van der Waals surface area (Å²) >= 11 is 6.11. The number of nitrogens with one attached hydrogen (secondary N) is 4. The second-order valence-corrected chi connectivity index (χ2v) is 10.6. The van der Waals surface area contributed by atoms with E-state index in [9.17, 15) is 24.0 Å². The molecule has 17 heteroatoms. The smallest absolute Gasteiger partial charge is 0.335 e. The van der Waals surface area contributed by atoms with E-state index in [0.29, 0.717) is 43.2 Å². The molecular formula is C30H28ClN9O7. The topological polar surface area (TPSA) is 210 Å². The van der Waals surface area contributed by atoms with Crippen molar-refractivity contribution >= 4 is 58.4 Å². The largest absolute Gasteiger partial charge is 0.478 e. The highest BCUT2D eigenvalue weighted by Crippen LogP contribution is 2.24. The van der Waals surface area contributed by atoms with Crippen LogP contribution in [0.4, 0.5) is 21.9 Å². The zero-order chi connectivity index (χ0) is 33.3. The van der Waals surface area contributed by atoms with Gasteiger partial charge in [-0.2, -0.15) is 4.68 Å².